The molecule has 0 aliphatic rings. The van der Waals surface area contributed by atoms with E-state index in [1.165, 1.54) is 0 Å². The molecule has 14 heavy (non-hydrogen) atoms. The van der Waals surface area contributed by atoms with Crippen molar-refractivity contribution in [2.75, 3.05) is 0 Å². The van der Waals surface area contributed by atoms with Crippen LogP contribution < -0.4 is 5.73 Å². The average Bonchev–Trinajstić information content (AvgIpc) is 2.22. The number of nitrogens with two attached hydrogens (primary N) is 1. The molecule has 0 saturated heterocycles. The van der Waals surface area contributed by atoms with E-state index in [1.807, 2.05) is 31.2 Å². The first-order valence-corrected chi connectivity index (χ1v) is 4.84. The van der Waals surface area contributed by atoms with Gasteiger partial charge in [0.05, 0.1) is 5.69 Å². The molecule has 2 nitrogen and oxygen atoms in total. The van der Waals surface area contributed by atoms with E-state index in [0.717, 1.165) is 17.7 Å². The standard InChI is InChI=1S/C11H13ClN2/c1-2-9(7-13)8-14-11-5-3-10(12)4-6-11/h3-8H,2,13H2,1H3/b9-7-,14-8?. The molecular formula is C11H13ClN2. The van der Waals surface area contributed by atoms with Crippen LogP contribution in [0.15, 0.2) is 41.0 Å². The summed E-state index contributed by atoms with van der Waals surface area (Å²) in [5.74, 6) is 0. The maximum absolute atomic E-state index is 5.75. The molecule has 0 aliphatic heterocycles. The molecule has 3 heteroatoms. The van der Waals surface area contributed by atoms with E-state index >= 15 is 0 Å². The van der Waals surface area contributed by atoms with Crippen molar-refractivity contribution >= 4 is 23.5 Å². The lowest BCUT2D eigenvalue weighted by atomic mass is 10.2. The van der Waals surface area contributed by atoms with Crippen molar-refractivity contribution in [3.8, 4) is 0 Å². The maximum atomic E-state index is 5.75. The van der Waals surface area contributed by atoms with Crippen LogP contribution in [0.3, 0.4) is 0 Å². The highest BCUT2D eigenvalue weighted by Gasteiger charge is 1.90. The van der Waals surface area contributed by atoms with E-state index < -0.39 is 0 Å². The molecule has 0 unspecified atom stereocenters. The summed E-state index contributed by atoms with van der Waals surface area (Å²) in [6.07, 6.45) is 4.22. The summed E-state index contributed by atoms with van der Waals surface area (Å²) in [4.78, 5) is 4.26. The Kier molecular flexibility index (Phi) is 4.20. The summed E-state index contributed by atoms with van der Waals surface area (Å²) in [7, 11) is 0. The summed E-state index contributed by atoms with van der Waals surface area (Å²) in [5.41, 5.74) is 7.29. The fourth-order valence-electron chi connectivity index (χ4n) is 0.937. The zero-order chi connectivity index (χ0) is 10.4. The van der Waals surface area contributed by atoms with Gasteiger partial charge in [-0.2, -0.15) is 0 Å². The summed E-state index contributed by atoms with van der Waals surface area (Å²) >= 11 is 5.75. The van der Waals surface area contributed by atoms with Crippen LogP contribution in [-0.4, -0.2) is 6.21 Å². The van der Waals surface area contributed by atoms with Gasteiger partial charge in [0.1, 0.15) is 0 Å². The van der Waals surface area contributed by atoms with Gasteiger partial charge in [-0.1, -0.05) is 18.5 Å². The van der Waals surface area contributed by atoms with Crippen molar-refractivity contribution in [2.24, 2.45) is 10.7 Å². The average molecular weight is 209 g/mol. The number of halogens is 1. The Labute approximate surface area is 89.1 Å². The van der Waals surface area contributed by atoms with E-state index in [-0.39, 0.29) is 0 Å². The van der Waals surface area contributed by atoms with Crippen LogP contribution in [0.4, 0.5) is 5.69 Å². The molecule has 74 valence electrons. The lowest BCUT2D eigenvalue weighted by Gasteiger charge is -1.95. The zero-order valence-electron chi connectivity index (χ0n) is 8.07. The number of benzene rings is 1. The Hall–Kier alpha value is -1.28. The molecule has 0 radical (unpaired) electrons. The highest BCUT2D eigenvalue weighted by molar-refractivity contribution is 6.30. The number of allylic oxidation sites excluding steroid dienone is 1. The maximum Gasteiger partial charge on any atom is 0.0630 e. The second-order valence-corrected chi connectivity index (χ2v) is 3.27. The van der Waals surface area contributed by atoms with Crippen LogP contribution in [0.2, 0.25) is 5.02 Å². The fraction of sp³-hybridized carbons (Fsp3) is 0.182. The van der Waals surface area contributed by atoms with Crippen molar-refractivity contribution < 1.29 is 0 Å². The zero-order valence-corrected chi connectivity index (χ0v) is 8.83. The normalized spacial score (nSPS) is 12.3. The van der Waals surface area contributed by atoms with Crippen molar-refractivity contribution in [1.29, 1.82) is 0 Å². The van der Waals surface area contributed by atoms with Gasteiger partial charge in [-0.3, -0.25) is 4.99 Å². The van der Waals surface area contributed by atoms with Crippen molar-refractivity contribution in [3.63, 3.8) is 0 Å². The Bertz CT molecular complexity index is 339. The van der Waals surface area contributed by atoms with Gasteiger partial charge in [0.2, 0.25) is 0 Å². The summed E-state index contributed by atoms with van der Waals surface area (Å²) in [6.45, 7) is 2.03. The van der Waals surface area contributed by atoms with Gasteiger partial charge >= 0.3 is 0 Å². The minimum atomic E-state index is 0.717. The minimum Gasteiger partial charge on any atom is -0.404 e. The van der Waals surface area contributed by atoms with Crippen LogP contribution in [0.1, 0.15) is 13.3 Å². The van der Waals surface area contributed by atoms with Gasteiger partial charge in [0.15, 0.2) is 0 Å². The molecule has 0 heterocycles. The fourth-order valence-corrected chi connectivity index (χ4v) is 1.06. The van der Waals surface area contributed by atoms with Gasteiger partial charge in [-0.25, -0.2) is 0 Å². The molecule has 0 bridgehead atoms. The second kappa shape index (κ2) is 5.45. The summed E-state index contributed by atoms with van der Waals surface area (Å²) < 4.78 is 0. The largest absolute Gasteiger partial charge is 0.404 e. The molecule has 0 spiro atoms. The quantitative estimate of drug-likeness (QED) is 0.761. The first-order valence-electron chi connectivity index (χ1n) is 4.46. The van der Waals surface area contributed by atoms with E-state index in [4.69, 9.17) is 17.3 Å². The number of nitrogens with zero attached hydrogens (tertiary/aromatic N) is 1. The molecule has 1 rings (SSSR count). The van der Waals surface area contributed by atoms with Crippen LogP contribution >= 0.6 is 11.6 Å². The smallest absolute Gasteiger partial charge is 0.0630 e. The first-order chi connectivity index (χ1) is 6.76. The van der Waals surface area contributed by atoms with Gasteiger partial charge in [0, 0.05) is 11.2 Å². The predicted molar refractivity (Wildman–Crippen MR) is 62.2 cm³/mol. The molecule has 2 N–H and O–H groups in total. The molecule has 0 amide bonds. The van der Waals surface area contributed by atoms with Crippen LogP contribution in [0.25, 0.3) is 0 Å². The summed E-state index contributed by atoms with van der Waals surface area (Å²) in [5, 5.41) is 0.717. The minimum absolute atomic E-state index is 0.717. The molecule has 1 aromatic carbocycles. The SMILES string of the molecule is CC/C(C=Nc1ccc(Cl)cc1)=C/N. The topological polar surface area (TPSA) is 38.4 Å². The van der Waals surface area contributed by atoms with E-state index in [1.54, 1.807) is 12.4 Å². The van der Waals surface area contributed by atoms with Gasteiger partial charge in [-0.05, 0) is 42.5 Å². The molecule has 0 aliphatic carbocycles. The lowest BCUT2D eigenvalue weighted by molar-refractivity contribution is 1.16. The number of hydrogen-bond donors (Lipinski definition) is 1. The molecule has 0 fully saturated rings. The van der Waals surface area contributed by atoms with E-state index in [9.17, 15) is 0 Å². The molecule has 0 saturated carbocycles. The Morgan fingerprint density at radius 2 is 2.07 bits per heavy atom. The lowest BCUT2D eigenvalue weighted by Crippen LogP contribution is -1.88. The van der Waals surface area contributed by atoms with E-state index in [0.29, 0.717) is 5.02 Å². The second-order valence-electron chi connectivity index (χ2n) is 2.83. The third-order valence-corrected chi connectivity index (χ3v) is 2.08. The molecular weight excluding hydrogens is 196 g/mol. The van der Waals surface area contributed by atoms with Crippen LogP contribution in [-0.2, 0) is 0 Å². The third kappa shape index (κ3) is 3.23. The van der Waals surface area contributed by atoms with Crippen LogP contribution in [0.5, 0.6) is 0 Å². The monoisotopic (exact) mass is 208 g/mol. The molecule has 1 aromatic rings. The third-order valence-electron chi connectivity index (χ3n) is 1.83. The number of aliphatic imine (C=N–C) groups is 1. The Morgan fingerprint density at radius 1 is 1.43 bits per heavy atom. The highest BCUT2D eigenvalue weighted by atomic mass is 35.5. The Balaban J connectivity index is 2.73. The van der Waals surface area contributed by atoms with Crippen molar-refractivity contribution in [3.05, 3.63) is 41.1 Å². The highest BCUT2D eigenvalue weighted by Crippen LogP contribution is 2.16. The van der Waals surface area contributed by atoms with Crippen molar-refractivity contribution in [1.82, 2.24) is 0 Å². The molecule has 0 atom stereocenters. The van der Waals surface area contributed by atoms with Gasteiger partial charge in [-0.15, -0.1) is 0 Å². The molecule has 0 aromatic heterocycles. The first kappa shape index (κ1) is 10.8. The predicted octanol–water partition coefficient (Wildman–Crippen LogP) is 3.29. The number of hydrogen-bond acceptors (Lipinski definition) is 2. The summed E-state index contributed by atoms with van der Waals surface area (Å²) in [6, 6.07) is 7.35. The van der Waals surface area contributed by atoms with Crippen molar-refractivity contribution in [2.45, 2.75) is 13.3 Å². The Morgan fingerprint density at radius 3 is 2.57 bits per heavy atom. The van der Waals surface area contributed by atoms with Crippen LogP contribution in [0, 0.1) is 0 Å². The van der Waals surface area contributed by atoms with E-state index in [2.05, 4.69) is 4.99 Å². The number of rotatable bonds is 3. The van der Waals surface area contributed by atoms with Gasteiger partial charge in [0.25, 0.3) is 0 Å². The van der Waals surface area contributed by atoms with Gasteiger partial charge < -0.3 is 5.73 Å².